The smallest absolute Gasteiger partial charge is 0.242 e. The van der Waals surface area contributed by atoms with Gasteiger partial charge in [-0.15, -0.1) is 0 Å². The van der Waals surface area contributed by atoms with Crippen LogP contribution in [-0.2, 0) is 16.6 Å². The van der Waals surface area contributed by atoms with E-state index in [4.69, 9.17) is 0 Å². The lowest BCUT2D eigenvalue weighted by Gasteiger charge is -2.07. The summed E-state index contributed by atoms with van der Waals surface area (Å²) in [7, 11) is -3.38. The second-order valence-electron chi connectivity index (χ2n) is 4.31. The van der Waals surface area contributed by atoms with Crippen molar-refractivity contribution in [1.82, 2.24) is 15.0 Å². The Hall–Kier alpha value is -0.850. The van der Waals surface area contributed by atoms with Gasteiger partial charge < -0.3 is 10.3 Å². The number of aromatic nitrogens is 1. The third-order valence-corrected chi connectivity index (χ3v) is 3.80. The molecule has 0 aliphatic carbocycles. The van der Waals surface area contributed by atoms with Crippen LogP contribution in [0.3, 0.4) is 0 Å². The van der Waals surface area contributed by atoms with E-state index in [0.717, 1.165) is 18.7 Å². The Balaban J connectivity index is 2.67. The molecule has 6 heteroatoms. The molecule has 0 saturated carbocycles. The van der Waals surface area contributed by atoms with Gasteiger partial charge in [0.05, 0.1) is 4.90 Å². The Kier molecular flexibility index (Phi) is 5.17. The zero-order valence-electron chi connectivity index (χ0n) is 10.6. The van der Waals surface area contributed by atoms with Crippen molar-refractivity contribution in [3.8, 4) is 0 Å². The summed E-state index contributed by atoms with van der Waals surface area (Å²) in [4.78, 5) is 3.25. The highest BCUT2D eigenvalue weighted by molar-refractivity contribution is 7.89. The van der Waals surface area contributed by atoms with Crippen LogP contribution in [0.5, 0.6) is 0 Å². The summed E-state index contributed by atoms with van der Waals surface area (Å²) in [6.45, 7) is 7.27. The highest BCUT2D eigenvalue weighted by atomic mass is 32.2. The summed E-state index contributed by atoms with van der Waals surface area (Å²) >= 11 is 0. The molecule has 0 aliphatic rings. The van der Waals surface area contributed by atoms with Crippen molar-refractivity contribution in [1.29, 1.82) is 0 Å². The molecule has 1 heterocycles. The molecule has 1 rings (SSSR count). The van der Waals surface area contributed by atoms with Crippen molar-refractivity contribution in [3.05, 3.63) is 18.0 Å². The zero-order valence-corrected chi connectivity index (χ0v) is 11.4. The molecule has 0 aromatic carbocycles. The van der Waals surface area contributed by atoms with Gasteiger partial charge in [-0.1, -0.05) is 6.92 Å². The molecule has 0 atom stereocenters. The normalized spacial score (nSPS) is 12.2. The molecule has 0 saturated heterocycles. The topological polar surface area (TPSA) is 74.0 Å². The predicted octanol–water partition coefficient (Wildman–Crippen LogP) is 1.20. The Bertz CT molecular complexity index is 437. The summed E-state index contributed by atoms with van der Waals surface area (Å²) < 4.78 is 26.2. The predicted molar refractivity (Wildman–Crippen MR) is 68.2 cm³/mol. The molecule has 0 radical (unpaired) electrons. The molecule has 0 aliphatic heterocycles. The summed E-state index contributed by atoms with van der Waals surface area (Å²) in [6.07, 6.45) is 2.58. The van der Waals surface area contributed by atoms with Crippen LogP contribution in [0.15, 0.2) is 17.2 Å². The second-order valence-corrected chi connectivity index (χ2v) is 6.03. The molecule has 0 spiro atoms. The zero-order chi connectivity index (χ0) is 12.9. The molecule has 1 aromatic heterocycles. The maximum absolute atomic E-state index is 11.8. The molecule has 0 fully saturated rings. The van der Waals surface area contributed by atoms with Gasteiger partial charge in [-0.05, 0) is 32.9 Å². The average molecular weight is 259 g/mol. The van der Waals surface area contributed by atoms with Crippen LogP contribution in [0.1, 0.15) is 32.9 Å². The van der Waals surface area contributed by atoms with Gasteiger partial charge in [0.15, 0.2) is 0 Å². The Morgan fingerprint density at radius 3 is 2.71 bits per heavy atom. The first-order valence-electron chi connectivity index (χ1n) is 5.86. The van der Waals surface area contributed by atoms with E-state index < -0.39 is 10.0 Å². The second kappa shape index (κ2) is 6.18. The number of H-pyrrole nitrogens is 1. The van der Waals surface area contributed by atoms with Crippen LogP contribution in [0.25, 0.3) is 0 Å². The van der Waals surface area contributed by atoms with Crippen LogP contribution in [-0.4, -0.2) is 26.0 Å². The first-order chi connectivity index (χ1) is 7.95. The number of nitrogens with one attached hydrogen (secondary N) is 3. The Morgan fingerprint density at radius 1 is 1.41 bits per heavy atom. The fourth-order valence-electron chi connectivity index (χ4n) is 1.45. The quantitative estimate of drug-likeness (QED) is 0.644. The molecule has 17 heavy (non-hydrogen) atoms. The molecule has 5 nitrogen and oxygen atoms in total. The first-order valence-corrected chi connectivity index (χ1v) is 7.34. The van der Waals surface area contributed by atoms with Crippen molar-refractivity contribution in [2.45, 2.75) is 44.7 Å². The third kappa shape index (κ3) is 4.49. The largest absolute Gasteiger partial charge is 0.363 e. The fourth-order valence-corrected chi connectivity index (χ4v) is 2.72. The minimum Gasteiger partial charge on any atom is -0.363 e. The first kappa shape index (κ1) is 14.2. The average Bonchev–Trinajstić information content (AvgIpc) is 2.65. The van der Waals surface area contributed by atoms with Crippen LogP contribution < -0.4 is 10.0 Å². The number of sulfonamides is 1. The van der Waals surface area contributed by atoms with Crippen molar-refractivity contribution in [2.75, 3.05) is 6.54 Å². The molecule has 3 N–H and O–H groups in total. The standard InChI is InChI=1S/C11H21N3O2S/c1-4-5-12-7-10-6-11(8-13-10)17(15,16)14-9(2)3/h6,8-9,12-14H,4-5,7H2,1-3H3. The minimum atomic E-state index is -3.38. The molecule has 0 unspecified atom stereocenters. The van der Waals surface area contributed by atoms with Gasteiger partial charge in [0.25, 0.3) is 0 Å². The van der Waals surface area contributed by atoms with E-state index in [0.29, 0.717) is 11.4 Å². The number of hydrogen-bond donors (Lipinski definition) is 3. The SMILES string of the molecule is CCCNCc1cc(S(=O)(=O)NC(C)C)c[nH]1. The van der Waals surface area contributed by atoms with Crippen LogP contribution in [0, 0.1) is 0 Å². The summed E-state index contributed by atoms with van der Waals surface area (Å²) in [5.74, 6) is 0. The minimum absolute atomic E-state index is 0.100. The van der Waals surface area contributed by atoms with Gasteiger partial charge in [-0.25, -0.2) is 13.1 Å². The van der Waals surface area contributed by atoms with Crippen molar-refractivity contribution < 1.29 is 8.42 Å². The van der Waals surface area contributed by atoms with E-state index >= 15 is 0 Å². The van der Waals surface area contributed by atoms with Gasteiger partial charge in [0, 0.05) is 24.5 Å². The number of hydrogen-bond acceptors (Lipinski definition) is 3. The van der Waals surface area contributed by atoms with E-state index in [1.807, 2.05) is 0 Å². The highest BCUT2D eigenvalue weighted by Crippen LogP contribution is 2.11. The fraction of sp³-hybridized carbons (Fsp3) is 0.636. The molecular weight excluding hydrogens is 238 g/mol. The lowest BCUT2D eigenvalue weighted by atomic mass is 10.4. The summed E-state index contributed by atoms with van der Waals surface area (Å²) in [5.41, 5.74) is 0.877. The van der Waals surface area contributed by atoms with E-state index in [2.05, 4.69) is 21.9 Å². The maximum atomic E-state index is 11.8. The van der Waals surface area contributed by atoms with Crippen LogP contribution in [0.4, 0.5) is 0 Å². The van der Waals surface area contributed by atoms with E-state index in [-0.39, 0.29) is 6.04 Å². The third-order valence-electron chi connectivity index (χ3n) is 2.16. The monoisotopic (exact) mass is 259 g/mol. The lowest BCUT2D eigenvalue weighted by molar-refractivity contribution is 0.570. The maximum Gasteiger partial charge on any atom is 0.242 e. The van der Waals surface area contributed by atoms with Gasteiger partial charge >= 0.3 is 0 Å². The van der Waals surface area contributed by atoms with Crippen molar-refractivity contribution >= 4 is 10.0 Å². The molecule has 0 bridgehead atoms. The highest BCUT2D eigenvalue weighted by Gasteiger charge is 2.16. The molecule has 1 aromatic rings. The van der Waals surface area contributed by atoms with Gasteiger partial charge in [-0.2, -0.15) is 0 Å². The molecule has 0 amide bonds. The Morgan fingerprint density at radius 2 is 2.12 bits per heavy atom. The van der Waals surface area contributed by atoms with E-state index in [1.165, 1.54) is 6.20 Å². The van der Waals surface area contributed by atoms with E-state index in [1.54, 1.807) is 19.9 Å². The van der Waals surface area contributed by atoms with Crippen molar-refractivity contribution in [2.24, 2.45) is 0 Å². The number of aromatic amines is 1. The van der Waals surface area contributed by atoms with Crippen LogP contribution >= 0.6 is 0 Å². The van der Waals surface area contributed by atoms with Gasteiger partial charge in [0.1, 0.15) is 0 Å². The van der Waals surface area contributed by atoms with E-state index in [9.17, 15) is 8.42 Å². The molecular formula is C11H21N3O2S. The number of rotatable bonds is 7. The van der Waals surface area contributed by atoms with Gasteiger partial charge in [0.2, 0.25) is 10.0 Å². The lowest BCUT2D eigenvalue weighted by Crippen LogP contribution is -2.29. The van der Waals surface area contributed by atoms with Crippen LogP contribution in [0.2, 0.25) is 0 Å². The molecule has 98 valence electrons. The Labute approximate surface area is 103 Å². The van der Waals surface area contributed by atoms with Gasteiger partial charge in [-0.3, -0.25) is 0 Å². The summed E-state index contributed by atoms with van der Waals surface area (Å²) in [5, 5.41) is 3.21. The van der Waals surface area contributed by atoms with Crippen molar-refractivity contribution in [3.63, 3.8) is 0 Å². The summed E-state index contributed by atoms with van der Waals surface area (Å²) in [6, 6.07) is 1.56.